The molecule has 3 rings (SSSR count). The molecule has 0 unspecified atom stereocenters. The molecule has 0 atom stereocenters. The first-order chi connectivity index (χ1) is 15.8. The molecule has 1 aromatic heterocycles. The molecule has 0 saturated heterocycles. The molecule has 0 aliphatic rings. The van der Waals surface area contributed by atoms with Gasteiger partial charge in [0.25, 0.3) is 11.3 Å². The first-order valence-electron chi connectivity index (χ1n) is 9.98. The highest BCUT2D eigenvalue weighted by molar-refractivity contribution is 6.38. The highest BCUT2D eigenvalue weighted by Crippen LogP contribution is 2.18. The Balaban J connectivity index is 2.03. The molecule has 3 aromatic rings. The van der Waals surface area contributed by atoms with E-state index in [1.165, 1.54) is 10.6 Å². The smallest absolute Gasteiger partial charge is 0.376 e. The van der Waals surface area contributed by atoms with Crippen molar-refractivity contribution in [3.63, 3.8) is 0 Å². The Hall–Kier alpha value is -4.33. The Morgan fingerprint density at radius 1 is 0.879 bits per heavy atom. The van der Waals surface area contributed by atoms with E-state index < -0.39 is 23.1 Å². The van der Waals surface area contributed by atoms with Gasteiger partial charge in [0.05, 0.1) is 26.3 Å². The quantitative estimate of drug-likeness (QED) is 0.293. The Morgan fingerprint density at radius 2 is 1.42 bits per heavy atom. The molecule has 33 heavy (non-hydrogen) atoms. The van der Waals surface area contributed by atoms with Gasteiger partial charge in [0.2, 0.25) is 0 Å². The summed E-state index contributed by atoms with van der Waals surface area (Å²) >= 11 is 0. The van der Waals surface area contributed by atoms with Crippen LogP contribution in [-0.2, 0) is 22.6 Å². The van der Waals surface area contributed by atoms with Gasteiger partial charge < -0.3 is 24.3 Å². The minimum Gasteiger partial charge on any atom is -0.507 e. The van der Waals surface area contributed by atoms with E-state index in [0.29, 0.717) is 29.6 Å². The highest BCUT2D eigenvalue weighted by Gasteiger charge is 2.16. The van der Waals surface area contributed by atoms with E-state index in [0.717, 1.165) is 11.1 Å². The molecule has 8 heteroatoms. The number of carboxylic acid groups (broad SMARTS) is 1. The molecule has 0 bridgehead atoms. The average Bonchev–Trinajstić information content (AvgIpc) is 2.81. The van der Waals surface area contributed by atoms with Crippen molar-refractivity contribution < 1.29 is 29.3 Å². The predicted molar refractivity (Wildman–Crippen MR) is 122 cm³/mol. The lowest BCUT2D eigenvalue weighted by atomic mass is 10.0. The third-order valence-electron chi connectivity index (χ3n) is 4.98. The fourth-order valence-electron chi connectivity index (χ4n) is 3.27. The number of aliphatic hydroxyl groups excluding tert-OH is 1. The van der Waals surface area contributed by atoms with Gasteiger partial charge in [0.1, 0.15) is 17.3 Å². The second-order valence-corrected chi connectivity index (χ2v) is 7.27. The van der Waals surface area contributed by atoms with Gasteiger partial charge in [-0.1, -0.05) is 24.3 Å². The van der Waals surface area contributed by atoms with Gasteiger partial charge in [-0.15, -0.1) is 0 Å². The Bertz CT molecular complexity index is 1240. The van der Waals surface area contributed by atoms with Gasteiger partial charge in [-0.05, 0) is 53.4 Å². The van der Waals surface area contributed by atoms with Gasteiger partial charge >= 0.3 is 5.97 Å². The number of methoxy groups -OCH3 is 2. The molecule has 0 aliphatic carbocycles. The van der Waals surface area contributed by atoms with Crippen molar-refractivity contribution in [3.05, 3.63) is 99.5 Å². The molecule has 0 radical (unpaired) electrons. The van der Waals surface area contributed by atoms with Gasteiger partial charge in [0.15, 0.2) is 0 Å². The minimum atomic E-state index is -1.73. The number of hydrogen-bond acceptors (Lipinski definition) is 6. The molecule has 0 aliphatic heterocycles. The fraction of sp³-hybridized carbons (Fsp3) is 0.160. The molecule has 0 fully saturated rings. The zero-order valence-electron chi connectivity index (χ0n) is 18.1. The summed E-state index contributed by atoms with van der Waals surface area (Å²) in [6.07, 6.45) is 2.64. The number of aromatic nitrogens is 1. The number of aliphatic hydroxyl groups is 1. The van der Waals surface area contributed by atoms with E-state index in [1.54, 1.807) is 32.5 Å². The van der Waals surface area contributed by atoms with E-state index in [2.05, 4.69) is 0 Å². The zero-order chi connectivity index (χ0) is 24.0. The van der Waals surface area contributed by atoms with Crippen LogP contribution in [0.5, 0.6) is 11.5 Å². The minimum absolute atomic E-state index is 0.163. The van der Waals surface area contributed by atoms with Crippen molar-refractivity contribution in [2.45, 2.75) is 13.0 Å². The molecule has 0 saturated carbocycles. The third kappa shape index (κ3) is 5.88. The fourth-order valence-corrected chi connectivity index (χ4v) is 3.27. The number of carbonyl (C=O) groups excluding carboxylic acids is 1. The number of carbonyl (C=O) groups is 2. The van der Waals surface area contributed by atoms with Crippen molar-refractivity contribution in [2.24, 2.45) is 0 Å². The summed E-state index contributed by atoms with van der Waals surface area (Å²) in [4.78, 5) is 35.4. The maximum absolute atomic E-state index is 13.0. The summed E-state index contributed by atoms with van der Waals surface area (Å²) in [6.45, 7) is 0.201. The molecule has 0 amide bonds. The number of hydrogen-bond donors (Lipinski definition) is 2. The lowest BCUT2D eigenvalue weighted by molar-refractivity contribution is -0.146. The summed E-state index contributed by atoms with van der Waals surface area (Å²) in [5.41, 5.74) is 1.71. The maximum atomic E-state index is 13.0. The summed E-state index contributed by atoms with van der Waals surface area (Å²) in [7, 11) is 3.13. The number of nitrogens with zero attached hydrogens (tertiary/aromatic N) is 1. The first kappa shape index (κ1) is 23.3. The molecule has 1 heterocycles. The molecule has 2 N–H and O–H groups in total. The van der Waals surface area contributed by atoms with Crippen LogP contribution in [-0.4, -0.2) is 40.8 Å². The van der Waals surface area contributed by atoms with Crippen molar-refractivity contribution in [2.75, 3.05) is 14.2 Å². The zero-order valence-corrected chi connectivity index (χ0v) is 18.1. The summed E-state index contributed by atoms with van der Waals surface area (Å²) < 4.78 is 11.7. The lowest BCUT2D eigenvalue weighted by Gasteiger charge is -2.13. The number of benzene rings is 2. The average molecular weight is 449 g/mol. The highest BCUT2D eigenvalue weighted by atomic mass is 16.5. The van der Waals surface area contributed by atoms with E-state index in [9.17, 15) is 19.5 Å². The maximum Gasteiger partial charge on any atom is 0.376 e. The van der Waals surface area contributed by atoms with Crippen LogP contribution >= 0.6 is 0 Å². The molecular formula is C25H23NO7. The van der Waals surface area contributed by atoms with Crippen molar-refractivity contribution >= 4 is 17.5 Å². The third-order valence-corrected chi connectivity index (χ3v) is 4.98. The molecular weight excluding hydrogens is 426 g/mol. The van der Waals surface area contributed by atoms with E-state index in [1.807, 2.05) is 36.4 Å². The van der Waals surface area contributed by atoms with Crippen LogP contribution in [0.4, 0.5) is 0 Å². The summed E-state index contributed by atoms with van der Waals surface area (Å²) in [5.74, 6) is -2.37. The van der Waals surface area contributed by atoms with Crippen LogP contribution < -0.4 is 15.0 Å². The standard InChI is InChI=1S/C25H23NO7/c1-32-19-7-3-16(4-8-19)11-18-12-21(22(27)13-23(28)25(30)31)24(29)26(15-18)14-17-5-9-20(33-2)10-6-17/h3-10,12-13,15,27H,11,14H2,1-2H3,(H,30,31)/b22-13-. The van der Waals surface area contributed by atoms with Crippen LogP contribution in [0.2, 0.25) is 0 Å². The number of ketones is 1. The van der Waals surface area contributed by atoms with Gasteiger partial charge in [-0.2, -0.15) is 0 Å². The monoisotopic (exact) mass is 449 g/mol. The lowest BCUT2D eigenvalue weighted by Crippen LogP contribution is -2.25. The topological polar surface area (TPSA) is 115 Å². The largest absolute Gasteiger partial charge is 0.507 e. The molecule has 0 spiro atoms. The Morgan fingerprint density at radius 3 is 1.94 bits per heavy atom. The van der Waals surface area contributed by atoms with E-state index >= 15 is 0 Å². The summed E-state index contributed by atoms with van der Waals surface area (Å²) in [6, 6.07) is 16.0. The SMILES string of the molecule is COc1ccc(Cc2cc(/C(O)=C/C(=O)C(=O)O)c(=O)n(Cc3ccc(OC)cc3)c2)cc1. The molecule has 2 aromatic carbocycles. The second-order valence-electron chi connectivity index (χ2n) is 7.27. The van der Waals surface area contributed by atoms with Crippen molar-refractivity contribution in [1.82, 2.24) is 4.57 Å². The van der Waals surface area contributed by atoms with E-state index in [-0.39, 0.29) is 12.1 Å². The van der Waals surface area contributed by atoms with Gasteiger partial charge in [-0.25, -0.2) is 4.79 Å². The second kappa shape index (κ2) is 10.3. The number of aliphatic carboxylic acids is 1. The number of rotatable bonds is 9. The Labute approximate surface area is 190 Å². The number of ether oxygens (including phenoxy) is 2. The van der Waals surface area contributed by atoms with Crippen LogP contribution in [0.15, 0.2) is 71.7 Å². The number of carboxylic acids is 1. The Kier molecular flexibility index (Phi) is 7.30. The van der Waals surface area contributed by atoms with Crippen molar-refractivity contribution in [1.29, 1.82) is 0 Å². The normalized spacial score (nSPS) is 11.2. The van der Waals surface area contributed by atoms with Crippen molar-refractivity contribution in [3.8, 4) is 11.5 Å². The van der Waals surface area contributed by atoms with Gasteiger partial charge in [-0.3, -0.25) is 9.59 Å². The van der Waals surface area contributed by atoms with Crippen LogP contribution in [0, 0.1) is 0 Å². The molecule has 170 valence electrons. The number of pyridine rings is 1. The summed E-state index contributed by atoms with van der Waals surface area (Å²) in [5, 5.41) is 19.2. The molecule has 8 nitrogen and oxygen atoms in total. The van der Waals surface area contributed by atoms with Crippen LogP contribution in [0.3, 0.4) is 0 Å². The first-order valence-corrected chi connectivity index (χ1v) is 9.98. The predicted octanol–water partition coefficient (Wildman–Crippen LogP) is 3.06. The van der Waals surface area contributed by atoms with Gasteiger partial charge in [0, 0.05) is 12.3 Å². The van der Waals surface area contributed by atoms with Crippen LogP contribution in [0.25, 0.3) is 5.76 Å². The van der Waals surface area contributed by atoms with Crippen LogP contribution in [0.1, 0.15) is 22.3 Å². The van der Waals surface area contributed by atoms with E-state index in [4.69, 9.17) is 14.6 Å².